The first kappa shape index (κ1) is 15.2. The molecule has 2 aromatic rings. The second-order valence-corrected chi connectivity index (χ2v) is 5.04. The van der Waals surface area contributed by atoms with Gasteiger partial charge in [-0.2, -0.15) is 0 Å². The Hall–Kier alpha value is -2.17. The van der Waals surface area contributed by atoms with Crippen molar-refractivity contribution in [3.63, 3.8) is 0 Å². The van der Waals surface area contributed by atoms with E-state index in [-0.39, 0.29) is 0 Å². The highest BCUT2D eigenvalue weighted by Gasteiger charge is 2.06. The molecule has 0 aliphatic carbocycles. The monoisotopic (exact) mass is 284 g/mol. The number of rotatable bonds is 7. The molecule has 1 amide bonds. The minimum absolute atomic E-state index is 0.430. The molecule has 0 aliphatic rings. The van der Waals surface area contributed by atoms with Crippen LogP contribution >= 0.6 is 0 Å². The highest BCUT2D eigenvalue weighted by molar-refractivity contribution is 5.92. The third-order valence-corrected chi connectivity index (χ3v) is 3.23. The Morgan fingerprint density at radius 3 is 2.52 bits per heavy atom. The molecule has 4 nitrogen and oxygen atoms in total. The molecule has 1 atom stereocenters. The molecular weight excluding hydrogens is 264 g/mol. The molecule has 0 radical (unpaired) electrons. The summed E-state index contributed by atoms with van der Waals surface area (Å²) in [5, 5.41) is 13.2. The average molecular weight is 284 g/mol. The van der Waals surface area contributed by atoms with Gasteiger partial charge in [-0.3, -0.25) is 4.79 Å². The van der Waals surface area contributed by atoms with E-state index >= 15 is 0 Å². The number of benzene rings is 2. The van der Waals surface area contributed by atoms with E-state index in [0.29, 0.717) is 25.1 Å². The van der Waals surface area contributed by atoms with Crippen molar-refractivity contribution in [3.05, 3.63) is 71.3 Å². The van der Waals surface area contributed by atoms with E-state index in [4.69, 9.17) is 5.73 Å². The Bertz CT molecular complexity index is 584. The molecule has 2 rings (SSSR count). The summed E-state index contributed by atoms with van der Waals surface area (Å²) in [6.45, 7) is 1.09. The average Bonchev–Trinajstić information content (AvgIpc) is 2.48. The number of carbonyl (C=O) groups excluding carboxylic acids is 1. The fourth-order valence-corrected chi connectivity index (χ4v) is 2.18. The summed E-state index contributed by atoms with van der Waals surface area (Å²) in [5.74, 6) is -0.430. The van der Waals surface area contributed by atoms with Gasteiger partial charge >= 0.3 is 0 Å². The molecule has 4 heteroatoms. The lowest BCUT2D eigenvalue weighted by molar-refractivity contribution is 0.1000. The van der Waals surface area contributed by atoms with Gasteiger partial charge in [0.15, 0.2) is 0 Å². The predicted molar refractivity (Wildman–Crippen MR) is 82.8 cm³/mol. The molecule has 0 bridgehead atoms. The van der Waals surface area contributed by atoms with Crippen molar-refractivity contribution in [3.8, 4) is 0 Å². The lowest BCUT2D eigenvalue weighted by Crippen LogP contribution is -2.28. The van der Waals surface area contributed by atoms with Crippen molar-refractivity contribution in [2.45, 2.75) is 19.1 Å². The summed E-state index contributed by atoms with van der Waals surface area (Å²) < 4.78 is 0. The van der Waals surface area contributed by atoms with Gasteiger partial charge in [-0.25, -0.2) is 0 Å². The zero-order valence-corrected chi connectivity index (χ0v) is 11.8. The van der Waals surface area contributed by atoms with Gasteiger partial charge in [-0.15, -0.1) is 0 Å². The lowest BCUT2D eigenvalue weighted by Gasteiger charge is -2.12. The number of hydrogen-bond donors (Lipinski definition) is 3. The molecule has 0 aromatic heterocycles. The van der Waals surface area contributed by atoms with E-state index in [0.717, 1.165) is 11.1 Å². The lowest BCUT2D eigenvalue weighted by atomic mass is 10.1. The number of amides is 1. The summed E-state index contributed by atoms with van der Waals surface area (Å²) in [4.78, 5) is 11.1. The summed E-state index contributed by atoms with van der Waals surface area (Å²) >= 11 is 0. The minimum Gasteiger partial charge on any atom is -0.391 e. The van der Waals surface area contributed by atoms with Crippen LogP contribution in [0.3, 0.4) is 0 Å². The molecule has 21 heavy (non-hydrogen) atoms. The van der Waals surface area contributed by atoms with Gasteiger partial charge in [0, 0.05) is 18.7 Å². The molecule has 0 spiro atoms. The van der Waals surface area contributed by atoms with Gasteiger partial charge in [-0.1, -0.05) is 42.5 Å². The van der Waals surface area contributed by atoms with E-state index < -0.39 is 12.0 Å². The SMILES string of the molecule is NC(=O)c1cccc(CNCC(O)Cc2ccccc2)c1. The van der Waals surface area contributed by atoms with E-state index in [1.807, 2.05) is 36.4 Å². The normalized spacial score (nSPS) is 12.0. The van der Waals surface area contributed by atoms with Crippen LogP contribution in [0.1, 0.15) is 21.5 Å². The topological polar surface area (TPSA) is 75.4 Å². The third-order valence-electron chi connectivity index (χ3n) is 3.23. The molecule has 110 valence electrons. The fraction of sp³-hybridized carbons (Fsp3) is 0.235. The van der Waals surface area contributed by atoms with Gasteiger partial charge in [0.25, 0.3) is 0 Å². The second-order valence-electron chi connectivity index (χ2n) is 5.04. The molecule has 0 saturated heterocycles. The van der Waals surface area contributed by atoms with E-state index in [2.05, 4.69) is 5.32 Å². The van der Waals surface area contributed by atoms with Gasteiger partial charge in [0.05, 0.1) is 6.10 Å². The molecule has 0 heterocycles. The number of nitrogens with one attached hydrogen (secondary N) is 1. The number of nitrogens with two attached hydrogens (primary N) is 1. The molecule has 0 saturated carbocycles. The Morgan fingerprint density at radius 2 is 1.81 bits per heavy atom. The van der Waals surface area contributed by atoms with Crippen LogP contribution < -0.4 is 11.1 Å². The van der Waals surface area contributed by atoms with Gasteiger partial charge < -0.3 is 16.2 Å². The van der Waals surface area contributed by atoms with Crippen LogP contribution in [0.4, 0.5) is 0 Å². The second kappa shape index (κ2) is 7.57. The molecule has 1 unspecified atom stereocenters. The molecule has 0 fully saturated rings. The highest BCUT2D eigenvalue weighted by Crippen LogP contribution is 2.05. The zero-order valence-electron chi connectivity index (χ0n) is 11.8. The Balaban J connectivity index is 1.78. The van der Waals surface area contributed by atoms with Crippen molar-refractivity contribution in [2.75, 3.05) is 6.54 Å². The highest BCUT2D eigenvalue weighted by atomic mass is 16.3. The van der Waals surface area contributed by atoms with E-state index in [9.17, 15) is 9.90 Å². The van der Waals surface area contributed by atoms with Crippen LogP contribution in [0.5, 0.6) is 0 Å². The zero-order chi connectivity index (χ0) is 15.1. The summed E-state index contributed by atoms with van der Waals surface area (Å²) in [7, 11) is 0. The van der Waals surface area contributed by atoms with Crippen molar-refractivity contribution < 1.29 is 9.90 Å². The standard InChI is InChI=1S/C17H20N2O2/c18-17(21)15-8-4-7-14(9-15)11-19-12-16(20)10-13-5-2-1-3-6-13/h1-9,16,19-20H,10-12H2,(H2,18,21). The predicted octanol–water partition coefficient (Wildman–Crippen LogP) is 1.48. The number of carbonyl (C=O) groups is 1. The summed E-state index contributed by atoms with van der Waals surface area (Å²) in [6, 6.07) is 17.1. The number of hydrogen-bond acceptors (Lipinski definition) is 3. The maximum atomic E-state index is 11.1. The van der Waals surface area contributed by atoms with Crippen LogP contribution in [0.2, 0.25) is 0 Å². The first-order valence-corrected chi connectivity index (χ1v) is 6.96. The number of primary amides is 1. The van der Waals surface area contributed by atoms with Crippen molar-refractivity contribution in [2.24, 2.45) is 5.73 Å². The fourth-order valence-electron chi connectivity index (χ4n) is 2.18. The smallest absolute Gasteiger partial charge is 0.248 e. The van der Waals surface area contributed by atoms with Gasteiger partial charge in [0.1, 0.15) is 0 Å². The van der Waals surface area contributed by atoms with Crippen LogP contribution in [-0.2, 0) is 13.0 Å². The van der Waals surface area contributed by atoms with Gasteiger partial charge in [0.2, 0.25) is 5.91 Å². The Morgan fingerprint density at radius 1 is 1.10 bits per heavy atom. The van der Waals surface area contributed by atoms with Crippen LogP contribution in [-0.4, -0.2) is 23.7 Å². The summed E-state index contributed by atoms with van der Waals surface area (Å²) in [6.07, 6.45) is 0.182. The number of aliphatic hydroxyl groups excluding tert-OH is 1. The maximum absolute atomic E-state index is 11.1. The van der Waals surface area contributed by atoms with Crippen molar-refractivity contribution in [1.82, 2.24) is 5.32 Å². The molecular formula is C17H20N2O2. The van der Waals surface area contributed by atoms with Crippen LogP contribution in [0, 0.1) is 0 Å². The third kappa shape index (κ3) is 5.02. The Kier molecular flexibility index (Phi) is 5.49. The molecule has 2 aromatic carbocycles. The summed E-state index contributed by atoms with van der Waals surface area (Å²) in [5.41, 5.74) is 7.83. The van der Waals surface area contributed by atoms with Crippen molar-refractivity contribution in [1.29, 1.82) is 0 Å². The van der Waals surface area contributed by atoms with E-state index in [1.54, 1.807) is 18.2 Å². The molecule has 0 aliphatic heterocycles. The quantitative estimate of drug-likeness (QED) is 0.721. The maximum Gasteiger partial charge on any atom is 0.248 e. The van der Waals surface area contributed by atoms with Gasteiger partial charge in [-0.05, 0) is 29.7 Å². The Labute approximate surface area is 124 Å². The van der Waals surface area contributed by atoms with Crippen LogP contribution in [0.25, 0.3) is 0 Å². The van der Waals surface area contributed by atoms with E-state index in [1.165, 1.54) is 0 Å². The molecule has 4 N–H and O–H groups in total. The first-order chi connectivity index (χ1) is 10.1. The minimum atomic E-state index is -0.438. The largest absolute Gasteiger partial charge is 0.391 e. The van der Waals surface area contributed by atoms with Crippen LogP contribution in [0.15, 0.2) is 54.6 Å². The number of aliphatic hydroxyl groups is 1. The van der Waals surface area contributed by atoms with Crippen molar-refractivity contribution >= 4 is 5.91 Å². The first-order valence-electron chi connectivity index (χ1n) is 6.96.